The van der Waals surface area contributed by atoms with Gasteiger partial charge in [0.05, 0.1) is 16.9 Å². The Morgan fingerprint density at radius 1 is 1.11 bits per heavy atom. The van der Waals surface area contributed by atoms with Crippen molar-refractivity contribution in [1.82, 2.24) is 30.0 Å². The molecular formula is C21H15Br2ClF2N8O2. The summed E-state index contributed by atoms with van der Waals surface area (Å²) in [7, 11) is 0. The molecule has 15 heteroatoms. The van der Waals surface area contributed by atoms with Gasteiger partial charge in [-0.05, 0) is 63.6 Å². The number of nitrogens with two attached hydrogens (primary N) is 1. The minimum absolute atomic E-state index is 0.0305. The van der Waals surface area contributed by atoms with Crippen molar-refractivity contribution in [1.29, 1.82) is 0 Å². The highest BCUT2D eigenvalue weighted by atomic mass is 79.9. The molecule has 2 heterocycles. The summed E-state index contributed by atoms with van der Waals surface area (Å²) in [6, 6.07) is 11.3. The fraction of sp³-hybridized carbons (Fsp3) is 0.143. The van der Waals surface area contributed by atoms with Crippen molar-refractivity contribution in [2.75, 3.05) is 5.32 Å². The fourth-order valence-electron chi connectivity index (χ4n) is 3.24. The minimum Gasteiger partial charge on any atom is -0.366 e. The molecule has 4 aromatic rings. The fourth-order valence-corrected chi connectivity index (χ4v) is 4.42. The lowest BCUT2D eigenvalue weighted by Gasteiger charge is -2.12. The van der Waals surface area contributed by atoms with Crippen LogP contribution in [-0.2, 0) is 13.1 Å². The van der Waals surface area contributed by atoms with Gasteiger partial charge in [-0.2, -0.15) is 9.90 Å². The van der Waals surface area contributed by atoms with Crippen LogP contribution in [0.2, 0.25) is 5.02 Å². The first-order valence-electron chi connectivity index (χ1n) is 10.1. The maximum atomic E-state index is 13.2. The van der Waals surface area contributed by atoms with E-state index in [0.29, 0.717) is 5.82 Å². The smallest absolute Gasteiger partial charge is 0.273 e. The third kappa shape index (κ3) is 5.94. The van der Waals surface area contributed by atoms with Crippen molar-refractivity contribution >= 4 is 61.0 Å². The van der Waals surface area contributed by atoms with E-state index in [1.165, 1.54) is 23.0 Å². The van der Waals surface area contributed by atoms with Crippen LogP contribution in [0.5, 0.6) is 0 Å². The molecule has 2 aromatic carbocycles. The molecule has 0 saturated heterocycles. The summed E-state index contributed by atoms with van der Waals surface area (Å²) in [6.07, 6.45) is -2.78. The van der Waals surface area contributed by atoms with Gasteiger partial charge in [-0.3, -0.25) is 14.3 Å². The highest BCUT2D eigenvalue weighted by molar-refractivity contribution is 9.10. The number of primary amides is 1. The lowest BCUT2D eigenvalue weighted by atomic mass is 10.1. The zero-order chi connectivity index (χ0) is 26.0. The maximum absolute atomic E-state index is 13.2. The van der Waals surface area contributed by atoms with Crippen molar-refractivity contribution in [2.24, 2.45) is 5.73 Å². The van der Waals surface area contributed by atoms with E-state index in [0.717, 1.165) is 14.7 Å². The summed E-state index contributed by atoms with van der Waals surface area (Å²) in [5.41, 5.74) is 6.17. The van der Waals surface area contributed by atoms with Gasteiger partial charge in [-0.1, -0.05) is 27.5 Å². The number of carbonyl (C=O) groups excluding carboxylic acids is 2. The van der Waals surface area contributed by atoms with Crippen molar-refractivity contribution in [2.45, 2.75) is 19.5 Å². The Hall–Kier alpha value is -3.23. The van der Waals surface area contributed by atoms with Crippen LogP contribution in [0.1, 0.15) is 26.5 Å². The number of rotatable bonds is 8. The molecule has 2 aromatic heterocycles. The van der Waals surface area contributed by atoms with Gasteiger partial charge in [-0.25, -0.2) is 8.78 Å². The largest absolute Gasteiger partial charge is 0.366 e. The van der Waals surface area contributed by atoms with Gasteiger partial charge in [0.1, 0.15) is 18.8 Å². The monoisotopic (exact) mass is 642 g/mol. The van der Waals surface area contributed by atoms with Gasteiger partial charge in [-0.15, -0.1) is 10.2 Å². The molecule has 0 aliphatic carbocycles. The zero-order valence-corrected chi connectivity index (χ0v) is 21.9. The molecule has 3 N–H and O–H groups in total. The third-order valence-electron chi connectivity index (χ3n) is 4.79. The third-order valence-corrected chi connectivity index (χ3v) is 6.16. The van der Waals surface area contributed by atoms with Crippen molar-refractivity contribution in [3.63, 3.8) is 0 Å². The van der Waals surface area contributed by atoms with Crippen LogP contribution in [0.4, 0.5) is 14.5 Å². The van der Waals surface area contributed by atoms with Crippen molar-refractivity contribution < 1.29 is 18.4 Å². The SMILES string of the molecule is NC(=O)c1cc(Cl)cc(Br)c1NC(=O)c1cc(Cn2nnc(-c3ccc(Br)cc3)n2)nn1CC(F)F. The summed E-state index contributed by atoms with van der Waals surface area (Å²) in [5, 5.41) is 19.1. The van der Waals surface area contributed by atoms with Crippen LogP contribution < -0.4 is 11.1 Å². The van der Waals surface area contributed by atoms with Gasteiger partial charge >= 0.3 is 0 Å². The zero-order valence-electron chi connectivity index (χ0n) is 18.0. The Morgan fingerprint density at radius 2 is 1.83 bits per heavy atom. The van der Waals surface area contributed by atoms with E-state index >= 15 is 0 Å². The molecule has 10 nitrogen and oxygen atoms in total. The minimum atomic E-state index is -2.78. The van der Waals surface area contributed by atoms with Gasteiger partial charge in [0.15, 0.2) is 0 Å². The Morgan fingerprint density at radius 3 is 2.50 bits per heavy atom. The lowest BCUT2D eigenvalue weighted by molar-refractivity contribution is 0.0988. The number of nitrogens with zero attached hydrogens (tertiary/aromatic N) is 6. The summed E-state index contributed by atoms with van der Waals surface area (Å²) in [6.45, 7) is -0.862. The first-order chi connectivity index (χ1) is 17.1. The molecule has 0 saturated carbocycles. The van der Waals surface area contributed by atoms with E-state index in [2.05, 4.69) is 57.7 Å². The van der Waals surface area contributed by atoms with E-state index < -0.39 is 24.8 Å². The number of tetrazole rings is 1. The standard InChI is InChI=1S/C21H15Br2ClF2N8O2/c22-11-3-1-10(2-4-11)20-29-32-34(31-20)8-13-7-16(33(30-13)9-17(25)26)21(36)28-18-14(19(27)35)5-12(24)6-15(18)23/h1-7,17H,8-9H2,(H2,27,35)(H,28,36). The van der Waals surface area contributed by atoms with E-state index in [1.807, 2.05) is 12.1 Å². The van der Waals surface area contributed by atoms with Crippen LogP contribution in [0.25, 0.3) is 11.4 Å². The first-order valence-corrected chi connectivity index (χ1v) is 12.1. The molecule has 0 spiro atoms. The summed E-state index contributed by atoms with van der Waals surface area (Å²) in [4.78, 5) is 26.1. The Kier molecular flexibility index (Phi) is 7.76. The summed E-state index contributed by atoms with van der Waals surface area (Å²) >= 11 is 12.5. The van der Waals surface area contributed by atoms with E-state index in [1.54, 1.807) is 12.1 Å². The second-order valence-electron chi connectivity index (χ2n) is 7.37. The highest BCUT2D eigenvalue weighted by Crippen LogP contribution is 2.31. The molecule has 0 aliphatic heterocycles. The first kappa shape index (κ1) is 25.9. The van der Waals surface area contributed by atoms with Gasteiger partial charge < -0.3 is 11.1 Å². The molecule has 186 valence electrons. The second-order valence-corrected chi connectivity index (χ2v) is 9.58. The summed E-state index contributed by atoms with van der Waals surface area (Å²) < 4.78 is 28.5. The molecule has 4 rings (SSSR count). The number of nitrogens with one attached hydrogen (secondary N) is 1. The lowest BCUT2D eigenvalue weighted by Crippen LogP contribution is -2.22. The molecule has 0 fully saturated rings. The molecule has 0 bridgehead atoms. The average molecular weight is 645 g/mol. The van der Waals surface area contributed by atoms with Crippen LogP contribution in [0.3, 0.4) is 0 Å². The van der Waals surface area contributed by atoms with Crippen LogP contribution in [0.15, 0.2) is 51.4 Å². The molecule has 36 heavy (non-hydrogen) atoms. The highest BCUT2D eigenvalue weighted by Gasteiger charge is 2.22. The van der Waals surface area contributed by atoms with Gasteiger partial charge in [0, 0.05) is 19.5 Å². The average Bonchev–Trinajstić information content (AvgIpc) is 3.42. The Labute approximate surface area is 224 Å². The number of benzene rings is 2. The predicted molar refractivity (Wildman–Crippen MR) is 134 cm³/mol. The molecular weight excluding hydrogens is 630 g/mol. The van der Waals surface area contributed by atoms with Crippen LogP contribution in [-0.4, -0.2) is 48.2 Å². The van der Waals surface area contributed by atoms with Crippen LogP contribution in [0, 0.1) is 0 Å². The molecule has 0 radical (unpaired) electrons. The summed E-state index contributed by atoms with van der Waals surface area (Å²) in [5.74, 6) is -1.27. The van der Waals surface area contributed by atoms with E-state index in [-0.39, 0.29) is 38.7 Å². The molecule has 0 unspecified atom stereocenters. The Balaban J connectivity index is 1.61. The number of anilines is 1. The number of carbonyl (C=O) groups is 2. The topological polar surface area (TPSA) is 134 Å². The molecule has 0 aliphatic rings. The quantitative estimate of drug-likeness (QED) is 0.293. The molecule has 0 atom stereocenters. The number of amides is 2. The normalized spacial score (nSPS) is 11.2. The number of hydrogen-bond donors (Lipinski definition) is 2. The molecule has 2 amide bonds. The van der Waals surface area contributed by atoms with E-state index in [4.69, 9.17) is 17.3 Å². The van der Waals surface area contributed by atoms with Crippen LogP contribution >= 0.6 is 43.5 Å². The number of hydrogen-bond acceptors (Lipinski definition) is 6. The predicted octanol–water partition coefficient (Wildman–Crippen LogP) is 4.38. The van der Waals surface area contributed by atoms with Gasteiger partial charge in [0.2, 0.25) is 5.82 Å². The number of aromatic nitrogens is 6. The van der Waals surface area contributed by atoms with Crippen molar-refractivity contribution in [3.8, 4) is 11.4 Å². The van der Waals surface area contributed by atoms with E-state index in [9.17, 15) is 18.4 Å². The van der Waals surface area contributed by atoms with Crippen molar-refractivity contribution in [3.05, 3.63) is 73.4 Å². The second kappa shape index (κ2) is 10.8. The Bertz CT molecular complexity index is 1440. The number of alkyl halides is 2. The number of halogens is 5. The maximum Gasteiger partial charge on any atom is 0.273 e. The van der Waals surface area contributed by atoms with Gasteiger partial charge in [0.25, 0.3) is 18.2 Å².